The largest absolute Gasteiger partial charge is 0.480 e. The summed E-state index contributed by atoms with van der Waals surface area (Å²) in [6, 6.07) is 16.2. The molecule has 0 unspecified atom stereocenters. The molecule has 6 heterocycles. The Bertz CT molecular complexity index is 3300. The molecule has 5 amide bonds. The molecular formula is C56H69N9O17S4. The fourth-order valence-corrected chi connectivity index (χ4v) is 16.2. The highest BCUT2D eigenvalue weighted by Gasteiger charge is 2.53. The molecule has 4 atom stereocenters. The smallest absolute Gasteiger partial charge is 0.415 e. The summed E-state index contributed by atoms with van der Waals surface area (Å²) in [5.41, 5.74) is 2.54. The number of piperazine rings is 2. The predicted molar refractivity (Wildman–Crippen MR) is 313 cm³/mol. The minimum absolute atomic E-state index is 0.00842. The maximum Gasteiger partial charge on any atom is 0.415 e. The first kappa shape index (κ1) is 66.2. The lowest BCUT2D eigenvalue weighted by Crippen LogP contribution is -2.56. The minimum atomic E-state index is -4.11. The van der Waals surface area contributed by atoms with Gasteiger partial charge in [-0.25, -0.2) is 36.0 Å². The summed E-state index contributed by atoms with van der Waals surface area (Å²) in [5.74, 6) is -2.40. The molecule has 86 heavy (non-hydrogen) atoms. The number of hydrogen-bond acceptors (Lipinski definition) is 20. The van der Waals surface area contributed by atoms with Gasteiger partial charge in [0, 0.05) is 106 Å². The number of sulfonamides is 2. The highest BCUT2D eigenvalue weighted by Crippen LogP contribution is 2.44. The molecule has 4 fully saturated rings. The molecule has 4 aromatic rings. The fourth-order valence-electron chi connectivity index (χ4n) is 9.90. The number of ether oxygens (including phenoxy) is 4. The Kier molecular flexibility index (Phi) is 22.2. The SMILES string of the molecule is COC(=O)N1CCN(C(=O)COC(=O)N2CCN(C(=O)Oc3ccc(C[C@H](NC(=O)[C@H]4N(S(=O)(=O)c5cccnc5)CSC4(C)C)C(=O)O)cc3)CC2)CC1.Cc1ccc(C[C@H](CC(=O)[C@H]2N(S(=O)(=O)c3cccnc3)CSC2(C)C)OC=O)cc1. The number of carbonyl (C=O) groups excluding carboxylic acids is 7. The Morgan fingerprint density at radius 3 is 1.65 bits per heavy atom. The second-order valence-corrected chi connectivity index (χ2v) is 28.4. The van der Waals surface area contributed by atoms with E-state index < -0.39 is 90.5 Å². The summed E-state index contributed by atoms with van der Waals surface area (Å²) < 4.78 is 74.6. The van der Waals surface area contributed by atoms with Crippen LogP contribution in [0, 0.1) is 6.92 Å². The van der Waals surface area contributed by atoms with Crippen LogP contribution in [0.25, 0.3) is 0 Å². The van der Waals surface area contributed by atoms with Gasteiger partial charge < -0.3 is 49.0 Å². The summed E-state index contributed by atoms with van der Waals surface area (Å²) in [7, 11) is -6.72. The molecule has 0 radical (unpaired) electrons. The van der Waals surface area contributed by atoms with E-state index in [9.17, 15) is 60.3 Å². The number of rotatable bonds is 19. The van der Waals surface area contributed by atoms with Gasteiger partial charge in [0.05, 0.1) is 24.9 Å². The molecule has 0 bridgehead atoms. The van der Waals surface area contributed by atoms with Crippen LogP contribution in [0.3, 0.4) is 0 Å². The molecule has 2 aromatic carbocycles. The zero-order valence-corrected chi connectivity index (χ0v) is 51.5. The lowest BCUT2D eigenvalue weighted by atomic mass is 9.93. The van der Waals surface area contributed by atoms with E-state index in [1.807, 2.05) is 45.0 Å². The monoisotopic (exact) mass is 1270 g/mol. The number of aromatic nitrogens is 2. The Balaban J connectivity index is 0.000000288. The molecule has 26 nitrogen and oxygen atoms in total. The number of amides is 5. The number of aliphatic carboxylic acids is 1. The number of carboxylic acid groups (broad SMARTS) is 1. The first-order chi connectivity index (χ1) is 40.7. The van der Waals surface area contributed by atoms with Crippen molar-refractivity contribution in [1.82, 2.24) is 43.5 Å². The van der Waals surface area contributed by atoms with Gasteiger partial charge in [0.25, 0.3) is 12.4 Å². The van der Waals surface area contributed by atoms with Crippen molar-refractivity contribution < 1.29 is 79.2 Å². The first-order valence-electron chi connectivity index (χ1n) is 27.2. The van der Waals surface area contributed by atoms with Gasteiger partial charge in [-0.1, -0.05) is 42.0 Å². The van der Waals surface area contributed by atoms with Crippen LogP contribution in [0.1, 0.15) is 50.8 Å². The highest BCUT2D eigenvalue weighted by molar-refractivity contribution is 8.02. The normalized spacial score (nSPS) is 19.4. The van der Waals surface area contributed by atoms with Crippen LogP contribution in [0.4, 0.5) is 14.4 Å². The molecule has 30 heteroatoms. The Hall–Kier alpha value is -7.38. The van der Waals surface area contributed by atoms with Gasteiger partial charge in [-0.05, 0) is 82.1 Å². The number of thioether (sulfide) groups is 2. The number of pyridine rings is 2. The molecular weight excluding hydrogens is 1200 g/mol. The number of nitrogens with zero attached hydrogens (tertiary/aromatic N) is 8. The summed E-state index contributed by atoms with van der Waals surface area (Å²) in [4.78, 5) is 113. The molecule has 0 aliphatic carbocycles. The van der Waals surface area contributed by atoms with E-state index in [2.05, 4.69) is 20.0 Å². The Labute approximate surface area is 507 Å². The van der Waals surface area contributed by atoms with E-state index in [-0.39, 0.29) is 91.1 Å². The molecule has 4 aliphatic rings. The summed E-state index contributed by atoms with van der Waals surface area (Å²) in [6.45, 7) is 10.8. The van der Waals surface area contributed by atoms with Crippen molar-refractivity contribution in [2.75, 3.05) is 77.8 Å². The van der Waals surface area contributed by atoms with Crippen molar-refractivity contribution in [1.29, 1.82) is 0 Å². The van der Waals surface area contributed by atoms with Gasteiger partial charge in [-0.15, -0.1) is 23.5 Å². The number of nitrogens with one attached hydrogen (secondary N) is 1. The van der Waals surface area contributed by atoms with Gasteiger partial charge >= 0.3 is 24.2 Å². The third kappa shape index (κ3) is 16.6. The second kappa shape index (κ2) is 28.9. The van der Waals surface area contributed by atoms with Crippen LogP contribution >= 0.6 is 23.5 Å². The van der Waals surface area contributed by atoms with Gasteiger partial charge in [0.1, 0.15) is 33.7 Å². The highest BCUT2D eigenvalue weighted by atomic mass is 32.2. The van der Waals surface area contributed by atoms with E-state index in [1.165, 1.54) is 110 Å². The number of aryl methyl sites for hydroxylation is 1. The number of benzene rings is 2. The van der Waals surface area contributed by atoms with E-state index in [1.54, 1.807) is 32.0 Å². The van der Waals surface area contributed by atoms with Gasteiger partial charge in [-0.2, -0.15) is 8.61 Å². The molecule has 2 aromatic heterocycles. The van der Waals surface area contributed by atoms with Crippen LogP contribution in [0.5, 0.6) is 5.75 Å². The first-order valence-corrected chi connectivity index (χ1v) is 32.0. The Morgan fingerprint density at radius 2 is 1.15 bits per heavy atom. The second-order valence-electron chi connectivity index (χ2n) is 21.4. The lowest BCUT2D eigenvalue weighted by Gasteiger charge is -2.34. The molecule has 8 rings (SSSR count). The molecule has 2 N–H and O–H groups in total. The number of Topliss-reactive ketones (excluding diaryl/α,β-unsaturated/α-hetero) is 1. The van der Waals surface area contributed by atoms with Crippen molar-refractivity contribution in [3.05, 3.63) is 114 Å². The number of methoxy groups -OCH3 is 1. The topological polar surface area (TPSA) is 319 Å². The zero-order valence-electron chi connectivity index (χ0n) is 48.2. The number of ketones is 1. The Morgan fingerprint density at radius 1 is 0.674 bits per heavy atom. The third-order valence-electron chi connectivity index (χ3n) is 14.7. The summed E-state index contributed by atoms with van der Waals surface area (Å²) in [6.07, 6.45) is 3.06. The van der Waals surface area contributed by atoms with Crippen LogP contribution in [0.15, 0.2) is 107 Å². The molecule has 0 saturated carbocycles. The van der Waals surface area contributed by atoms with E-state index in [0.29, 0.717) is 31.5 Å². The number of hydrogen-bond donors (Lipinski definition) is 2. The van der Waals surface area contributed by atoms with E-state index >= 15 is 0 Å². The van der Waals surface area contributed by atoms with Crippen LogP contribution in [0.2, 0.25) is 0 Å². The predicted octanol–water partition coefficient (Wildman–Crippen LogP) is 3.88. The maximum atomic E-state index is 13.6. The quantitative estimate of drug-likeness (QED) is 0.0994. The van der Waals surface area contributed by atoms with Crippen LogP contribution in [-0.2, 0) is 71.1 Å². The molecule has 464 valence electrons. The zero-order chi connectivity index (χ0) is 62.6. The number of carbonyl (C=O) groups is 8. The maximum absolute atomic E-state index is 13.6. The minimum Gasteiger partial charge on any atom is -0.480 e. The molecule has 0 spiro atoms. The summed E-state index contributed by atoms with van der Waals surface area (Å²) >= 11 is 2.66. The van der Waals surface area contributed by atoms with Gasteiger partial charge in [-0.3, -0.25) is 29.1 Å². The van der Waals surface area contributed by atoms with Crippen LogP contribution in [-0.4, -0.2) is 220 Å². The van der Waals surface area contributed by atoms with E-state index in [0.717, 1.165) is 15.4 Å². The van der Waals surface area contributed by atoms with Crippen LogP contribution < -0.4 is 10.1 Å². The molecule has 4 saturated heterocycles. The van der Waals surface area contributed by atoms with Crippen molar-refractivity contribution in [3.63, 3.8) is 0 Å². The average molecular weight is 1270 g/mol. The lowest BCUT2D eigenvalue weighted by molar-refractivity contribution is -0.142. The van der Waals surface area contributed by atoms with Crippen molar-refractivity contribution >= 4 is 91.9 Å². The van der Waals surface area contributed by atoms with Crippen molar-refractivity contribution in [3.8, 4) is 5.75 Å². The standard InChI is InChI=1S/C34H43N7O12S2.C22H26N2O5S2/c1-34(2)28(41(22-54-34)55(49,50)25-5-4-10-35-20-25)29(43)36-26(30(44)45)19-23-6-8-24(9-7-23)53-33(48)40-17-15-39(16-18-40)32(47)52-21-27(42)37-11-13-38(14-12-37)31(46)51-3;1-16-6-8-17(9-7-16)11-18(29-15-25)12-20(26)21-22(2,3)30-14-24(21)31(27,28)19-5-4-10-23-13-19/h4-10,20,26,28H,11-19,21-22H2,1-3H3,(H,36,43)(H,44,45);4-10,13,15,18,21H,11-12,14H2,1-3H3/t26-,28+;18-,21-/m01/s1. The van der Waals surface area contributed by atoms with Crippen molar-refractivity contribution in [2.24, 2.45) is 0 Å². The van der Waals surface area contributed by atoms with Gasteiger partial charge in [0.15, 0.2) is 12.4 Å². The summed E-state index contributed by atoms with van der Waals surface area (Å²) in [5, 5.41) is 12.5. The molecule has 4 aliphatic heterocycles. The van der Waals surface area contributed by atoms with E-state index in [4.69, 9.17) is 14.2 Å². The number of carboxylic acids is 1. The van der Waals surface area contributed by atoms with Crippen molar-refractivity contribution in [2.45, 2.75) is 97.4 Å². The fraction of sp³-hybridized carbons (Fsp3) is 0.464. The third-order valence-corrected chi connectivity index (χ3v) is 21.3. The van der Waals surface area contributed by atoms with Gasteiger partial charge in [0.2, 0.25) is 26.0 Å². The average Bonchev–Trinajstić information content (AvgIpc) is 1.78.